The zero-order valence-corrected chi connectivity index (χ0v) is 13.4. The van der Waals surface area contributed by atoms with Gasteiger partial charge in [0.15, 0.2) is 0 Å². The molecule has 0 atom stereocenters. The molecule has 8 heteroatoms. The third kappa shape index (κ3) is 3.40. The Kier molecular flexibility index (Phi) is 4.59. The SMILES string of the molecule is COC(=O)c1occc1CSc1n[nH]c(Cc2cccs2)n1. The Morgan fingerprint density at radius 1 is 1.50 bits per heavy atom. The van der Waals surface area contributed by atoms with Gasteiger partial charge < -0.3 is 9.15 Å². The molecule has 3 aromatic rings. The van der Waals surface area contributed by atoms with Gasteiger partial charge in [-0.2, -0.15) is 0 Å². The minimum atomic E-state index is -0.478. The molecule has 114 valence electrons. The molecular weight excluding hydrogens is 322 g/mol. The number of H-pyrrole nitrogens is 1. The summed E-state index contributed by atoms with van der Waals surface area (Å²) >= 11 is 3.12. The summed E-state index contributed by atoms with van der Waals surface area (Å²) in [6.07, 6.45) is 2.21. The maximum Gasteiger partial charge on any atom is 0.374 e. The molecule has 0 radical (unpaired) electrons. The number of thiophene rings is 1. The van der Waals surface area contributed by atoms with Crippen LogP contribution in [0, 0.1) is 0 Å². The monoisotopic (exact) mass is 335 g/mol. The molecule has 0 bridgehead atoms. The molecule has 0 aliphatic carbocycles. The van der Waals surface area contributed by atoms with Crippen LogP contribution in [0.1, 0.15) is 26.8 Å². The number of rotatable bonds is 6. The number of thioether (sulfide) groups is 1. The predicted octanol–water partition coefficient (Wildman–Crippen LogP) is 3.13. The van der Waals surface area contributed by atoms with E-state index >= 15 is 0 Å². The zero-order chi connectivity index (χ0) is 15.4. The predicted molar refractivity (Wildman–Crippen MR) is 83.1 cm³/mol. The smallest absolute Gasteiger partial charge is 0.374 e. The second-order valence-electron chi connectivity index (χ2n) is 4.38. The third-order valence-corrected chi connectivity index (χ3v) is 4.68. The largest absolute Gasteiger partial charge is 0.463 e. The number of hydrogen-bond donors (Lipinski definition) is 1. The molecule has 3 rings (SSSR count). The number of methoxy groups -OCH3 is 1. The number of carbonyl (C=O) groups is 1. The van der Waals surface area contributed by atoms with E-state index in [9.17, 15) is 4.79 Å². The normalized spacial score (nSPS) is 10.8. The summed E-state index contributed by atoms with van der Waals surface area (Å²) in [5.41, 5.74) is 0.765. The topological polar surface area (TPSA) is 81.0 Å². The number of aromatic nitrogens is 3. The van der Waals surface area contributed by atoms with Crippen molar-refractivity contribution in [2.75, 3.05) is 7.11 Å². The molecule has 0 unspecified atom stereocenters. The van der Waals surface area contributed by atoms with Gasteiger partial charge in [0.05, 0.1) is 13.4 Å². The van der Waals surface area contributed by atoms with Gasteiger partial charge in [-0.1, -0.05) is 17.8 Å². The van der Waals surface area contributed by atoms with Crippen molar-refractivity contribution in [3.05, 3.63) is 51.9 Å². The van der Waals surface area contributed by atoms with Gasteiger partial charge in [-0.15, -0.1) is 16.4 Å². The van der Waals surface area contributed by atoms with Gasteiger partial charge in [-0.3, -0.25) is 5.10 Å². The summed E-state index contributed by atoms with van der Waals surface area (Å²) in [7, 11) is 1.33. The maximum absolute atomic E-state index is 11.5. The van der Waals surface area contributed by atoms with Gasteiger partial charge in [-0.25, -0.2) is 9.78 Å². The van der Waals surface area contributed by atoms with Crippen molar-refractivity contribution in [2.24, 2.45) is 0 Å². The lowest BCUT2D eigenvalue weighted by molar-refractivity contribution is 0.0564. The Bertz CT molecular complexity index is 749. The molecule has 3 aromatic heterocycles. The van der Waals surface area contributed by atoms with Crippen LogP contribution in [0.3, 0.4) is 0 Å². The van der Waals surface area contributed by atoms with Crippen LogP contribution in [0.15, 0.2) is 39.4 Å². The highest BCUT2D eigenvalue weighted by atomic mass is 32.2. The number of nitrogens with one attached hydrogen (secondary N) is 1. The molecule has 0 saturated carbocycles. The van der Waals surface area contributed by atoms with Crippen molar-refractivity contribution in [2.45, 2.75) is 17.3 Å². The number of furan rings is 1. The number of aromatic amines is 1. The molecule has 0 amide bonds. The quantitative estimate of drug-likeness (QED) is 0.550. The number of ether oxygens (including phenoxy) is 1. The molecule has 0 spiro atoms. The third-order valence-electron chi connectivity index (χ3n) is 2.91. The minimum Gasteiger partial charge on any atom is -0.463 e. The fourth-order valence-corrected chi connectivity index (χ4v) is 3.37. The van der Waals surface area contributed by atoms with Gasteiger partial charge in [0.2, 0.25) is 10.9 Å². The van der Waals surface area contributed by atoms with Crippen LogP contribution >= 0.6 is 23.1 Å². The summed E-state index contributed by atoms with van der Waals surface area (Å²) in [5, 5.41) is 9.79. The lowest BCUT2D eigenvalue weighted by Crippen LogP contribution is -2.02. The Hall–Kier alpha value is -2.06. The molecule has 3 heterocycles. The van der Waals surface area contributed by atoms with E-state index in [1.54, 1.807) is 17.4 Å². The van der Waals surface area contributed by atoms with Crippen molar-refractivity contribution < 1.29 is 13.9 Å². The Balaban J connectivity index is 1.61. The molecule has 6 nitrogen and oxygen atoms in total. The zero-order valence-electron chi connectivity index (χ0n) is 11.7. The molecule has 0 aliphatic heterocycles. The first-order chi connectivity index (χ1) is 10.8. The lowest BCUT2D eigenvalue weighted by Gasteiger charge is -1.98. The van der Waals surface area contributed by atoms with Crippen molar-refractivity contribution in [3.8, 4) is 0 Å². The van der Waals surface area contributed by atoms with Gasteiger partial charge in [-0.05, 0) is 17.5 Å². The minimum absolute atomic E-state index is 0.226. The van der Waals surface area contributed by atoms with Gasteiger partial charge in [0.25, 0.3) is 0 Å². The first kappa shape index (κ1) is 14.9. The highest BCUT2D eigenvalue weighted by Gasteiger charge is 2.16. The molecule has 0 aromatic carbocycles. The first-order valence-electron chi connectivity index (χ1n) is 6.47. The summed E-state index contributed by atoms with van der Waals surface area (Å²) in [6.45, 7) is 0. The van der Waals surface area contributed by atoms with Crippen molar-refractivity contribution in [1.82, 2.24) is 15.2 Å². The summed E-state index contributed by atoms with van der Waals surface area (Å²) in [4.78, 5) is 17.2. The Labute approximate surface area is 134 Å². The van der Waals surface area contributed by atoms with E-state index in [1.807, 2.05) is 11.4 Å². The van der Waals surface area contributed by atoms with Crippen molar-refractivity contribution in [3.63, 3.8) is 0 Å². The molecule has 0 saturated heterocycles. The molecule has 0 aliphatic rings. The van der Waals surface area contributed by atoms with Crippen LogP contribution in [0.2, 0.25) is 0 Å². The highest BCUT2D eigenvalue weighted by Crippen LogP contribution is 2.23. The number of esters is 1. The van der Waals surface area contributed by atoms with E-state index in [2.05, 4.69) is 26.0 Å². The van der Waals surface area contributed by atoms with Crippen molar-refractivity contribution in [1.29, 1.82) is 0 Å². The van der Waals surface area contributed by atoms with Crippen LogP contribution in [0.4, 0.5) is 0 Å². The van der Waals surface area contributed by atoms with E-state index in [1.165, 1.54) is 30.0 Å². The fraction of sp³-hybridized carbons (Fsp3) is 0.214. The fourth-order valence-electron chi connectivity index (χ4n) is 1.86. The van der Waals surface area contributed by atoms with Gasteiger partial charge in [0, 0.05) is 22.6 Å². The Morgan fingerprint density at radius 2 is 2.41 bits per heavy atom. The summed E-state index contributed by atoms with van der Waals surface area (Å²) in [6, 6.07) is 5.83. The first-order valence-corrected chi connectivity index (χ1v) is 8.34. The average Bonchev–Trinajstić information content (AvgIpc) is 3.26. The summed E-state index contributed by atoms with van der Waals surface area (Å²) < 4.78 is 9.82. The van der Waals surface area contributed by atoms with Crippen LogP contribution < -0.4 is 0 Å². The van der Waals surface area contributed by atoms with Gasteiger partial charge >= 0.3 is 5.97 Å². The van der Waals surface area contributed by atoms with E-state index in [4.69, 9.17) is 4.42 Å². The van der Waals surface area contributed by atoms with Crippen LogP contribution in [0.25, 0.3) is 0 Å². The maximum atomic E-state index is 11.5. The van der Waals surface area contributed by atoms with Crippen molar-refractivity contribution >= 4 is 29.1 Å². The lowest BCUT2D eigenvalue weighted by atomic mass is 10.3. The second-order valence-corrected chi connectivity index (χ2v) is 6.35. The summed E-state index contributed by atoms with van der Waals surface area (Å²) in [5.74, 6) is 1.11. The van der Waals surface area contributed by atoms with E-state index in [0.29, 0.717) is 10.9 Å². The van der Waals surface area contributed by atoms with E-state index in [-0.39, 0.29) is 5.76 Å². The number of hydrogen-bond acceptors (Lipinski definition) is 7. The van der Waals surface area contributed by atoms with E-state index in [0.717, 1.165) is 17.8 Å². The van der Waals surface area contributed by atoms with E-state index < -0.39 is 5.97 Å². The number of carbonyl (C=O) groups excluding carboxylic acids is 1. The van der Waals surface area contributed by atoms with Crippen LogP contribution in [-0.4, -0.2) is 28.3 Å². The van der Waals surface area contributed by atoms with Crippen LogP contribution in [0.5, 0.6) is 0 Å². The Morgan fingerprint density at radius 3 is 3.18 bits per heavy atom. The molecule has 1 N–H and O–H groups in total. The van der Waals surface area contributed by atoms with Crippen LogP contribution in [-0.2, 0) is 16.9 Å². The van der Waals surface area contributed by atoms with Gasteiger partial charge in [0.1, 0.15) is 5.82 Å². The molecule has 0 fully saturated rings. The standard InChI is InChI=1S/C14H13N3O3S2/c1-19-13(18)12-9(4-5-20-12)8-22-14-15-11(16-17-14)7-10-3-2-6-21-10/h2-6H,7-8H2,1H3,(H,15,16,17). The number of nitrogens with zero attached hydrogens (tertiary/aromatic N) is 2. The average molecular weight is 335 g/mol. The molecular formula is C14H13N3O3S2. The molecule has 22 heavy (non-hydrogen) atoms. The second kappa shape index (κ2) is 6.80. The highest BCUT2D eigenvalue weighted by molar-refractivity contribution is 7.98.